The first-order valence-electron chi connectivity index (χ1n) is 12.4. The van der Waals surface area contributed by atoms with Crippen LogP contribution in [0.1, 0.15) is 43.9 Å². The normalized spacial score (nSPS) is 14.2. The third-order valence-corrected chi connectivity index (χ3v) is 6.70. The molecular weight excluding hydrogens is 577 g/mol. The zero-order valence-electron chi connectivity index (χ0n) is 22.3. The predicted molar refractivity (Wildman–Crippen MR) is 138 cm³/mol. The lowest BCUT2D eigenvalue weighted by molar-refractivity contribution is -0.177. The number of aliphatic hydroxyl groups excluding tert-OH is 1. The van der Waals surface area contributed by atoms with Crippen molar-refractivity contribution in [1.29, 1.82) is 0 Å². The Balaban J connectivity index is 2.34. The van der Waals surface area contributed by atoms with Gasteiger partial charge in [-0.25, -0.2) is 0 Å². The van der Waals surface area contributed by atoms with Gasteiger partial charge in [0.15, 0.2) is 5.78 Å². The van der Waals surface area contributed by atoms with Gasteiger partial charge >= 0.3 is 12.1 Å². The van der Waals surface area contributed by atoms with Gasteiger partial charge in [0.2, 0.25) is 17.5 Å². The number of Topliss-reactive ketones (excluding diaryl/α,β-unsaturated/α-hetero) is 3. The van der Waals surface area contributed by atoms with E-state index in [0.717, 1.165) is 12.1 Å². The molecule has 0 heterocycles. The molecule has 0 radical (unpaired) electrons. The fourth-order valence-corrected chi connectivity index (χ4v) is 4.21. The van der Waals surface area contributed by atoms with E-state index in [-0.39, 0.29) is 10.6 Å². The molecule has 7 nitrogen and oxygen atoms in total. The van der Waals surface area contributed by atoms with Gasteiger partial charge in [0.05, 0.1) is 19.6 Å². The number of alkyl halides is 5. The monoisotopic (exact) mass is 605 g/mol. The topological polar surface area (TPSA) is 110 Å². The van der Waals surface area contributed by atoms with Gasteiger partial charge in [-0.2, -0.15) is 22.0 Å². The number of hydrogen-bond donors (Lipinski definition) is 2. The molecule has 13 heteroatoms. The van der Waals surface area contributed by atoms with E-state index >= 15 is 0 Å². The van der Waals surface area contributed by atoms with Crippen molar-refractivity contribution in [1.82, 2.24) is 5.32 Å². The van der Waals surface area contributed by atoms with Crippen LogP contribution < -0.4 is 10.1 Å². The Morgan fingerprint density at radius 3 is 2.07 bits per heavy atom. The van der Waals surface area contributed by atoms with Gasteiger partial charge in [0.25, 0.3) is 0 Å². The van der Waals surface area contributed by atoms with Crippen LogP contribution in [0.2, 0.25) is 5.02 Å². The van der Waals surface area contributed by atoms with Gasteiger partial charge in [0.1, 0.15) is 11.8 Å². The third-order valence-electron chi connectivity index (χ3n) is 6.46. The van der Waals surface area contributed by atoms with E-state index < -0.39 is 84.2 Å². The molecule has 0 saturated heterocycles. The Morgan fingerprint density at radius 1 is 0.976 bits per heavy atom. The van der Waals surface area contributed by atoms with Crippen LogP contribution in [-0.4, -0.2) is 48.3 Å². The van der Waals surface area contributed by atoms with Crippen molar-refractivity contribution in [2.45, 2.75) is 44.8 Å². The maximum atomic E-state index is 14.8. The van der Waals surface area contributed by atoms with Crippen molar-refractivity contribution in [3.8, 4) is 5.75 Å². The van der Waals surface area contributed by atoms with Crippen LogP contribution in [0.15, 0.2) is 48.5 Å². The minimum absolute atomic E-state index is 0.0593. The van der Waals surface area contributed by atoms with Crippen molar-refractivity contribution >= 4 is 34.9 Å². The molecule has 0 bridgehead atoms. The number of methoxy groups -OCH3 is 1. The highest BCUT2D eigenvalue weighted by molar-refractivity contribution is 6.30. The number of halogens is 6. The molecule has 0 unspecified atom stereocenters. The minimum atomic E-state index is -5.20. The molecule has 0 fully saturated rings. The average Bonchev–Trinajstić information content (AvgIpc) is 2.91. The smallest absolute Gasteiger partial charge is 0.450 e. The van der Waals surface area contributed by atoms with Crippen LogP contribution in [0, 0.1) is 17.8 Å². The molecular formula is C28H29ClF5NO6. The summed E-state index contributed by atoms with van der Waals surface area (Å²) >= 11 is 5.73. The lowest BCUT2D eigenvalue weighted by Gasteiger charge is -2.25. The van der Waals surface area contributed by atoms with E-state index in [1.807, 2.05) is 0 Å². The molecule has 41 heavy (non-hydrogen) atoms. The molecule has 3 atom stereocenters. The molecule has 0 aliphatic heterocycles. The van der Waals surface area contributed by atoms with E-state index in [1.165, 1.54) is 57.4 Å². The van der Waals surface area contributed by atoms with E-state index in [4.69, 9.17) is 16.3 Å². The van der Waals surface area contributed by atoms with Gasteiger partial charge < -0.3 is 15.2 Å². The highest BCUT2D eigenvalue weighted by Gasteiger charge is 2.46. The first-order valence-corrected chi connectivity index (χ1v) is 12.8. The van der Waals surface area contributed by atoms with Gasteiger partial charge in [-0.15, -0.1) is 0 Å². The summed E-state index contributed by atoms with van der Waals surface area (Å²) in [6.45, 7) is 1.60. The molecule has 2 rings (SSSR count). The van der Waals surface area contributed by atoms with Crippen molar-refractivity contribution < 1.29 is 51.0 Å². The first kappa shape index (κ1) is 33.8. The maximum Gasteiger partial charge on any atom is 0.450 e. The van der Waals surface area contributed by atoms with E-state index in [9.17, 15) is 46.2 Å². The summed E-state index contributed by atoms with van der Waals surface area (Å²) < 4.78 is 74.1. The summed E-state index contributed by atoms with van der Waals surface area (Å²) in [5, 5.41) is 11.9. The molecule has 1 amide bonds. The summed E-state index contributed by atoms with van der Waals surface area (Å²) in [6, 6.07) is 8.21. The number of ether oxygens (including phenoxy) is 1. The second kappa shape index (κ2) is 14.0. The Hall–Kier alpha value is -3.38. The molecule has 0 saturated carbocycles. The van der Waals surface area contributed by atoms with E-state index in [0.29, 0.717) is 5.75 Å². The standard InChI is InChI=1S/C28H29ClF5NO6/c1-15(2)21(25(39)28(32,33)34)13-22(37)24(16-7-9-20(41-3)10-8-16)35-26(40)17(14-36)11-23(38)27(30,31)18-5-4-6-19(29)12-18/h4-10,12,15,17,21,24,36H,11,13-14H2,1-3H3,(H,35,40)/t17-,21-,24-/m0/s1. The molecule has 2 N–H and O–H groups in total. The summed E-state index contributed by atoms with van der Waals surface area (Å²) in [5.74, 6) is -14.1. The predicted octanol–water partition coefficient (Wildman–Crippen LogP) is 5.23. The highest BCUT2D eigenvalue weighted by atomic mass is 35.5. The summed E-state index contributed by atoms with van der Waals surface area (Å²) in [7, 11) is 1.36. The minimum Gasteiger partial charge on any atom is -0.497 e. The fraction of sp³-hybridized carbons (Fsp3) is 0.429. The number of benzene rings is 2. The number of rotatable bonds is 14. The number of hydrogen-bond acceptors (Lipinski definition) is 6. The molecule has 2 aromatic rings. The van der Waals surface area contributed by atoms with Crippen molar-refractivity contribution in [2.75, 3.05) is 13.7 Å². The Kier molecular flexibility index (Phi) is 11.5. The van der Waals surface area contributed by atoms with Crippen LogP contribution >= 0.6 is 11.6 Å². The first-order chi connectivity index (χ1) is 19.0. The highest BCUT2D eigenvalue weighted by Crippen LogP contribution is 2.34. The summed E-state index contributed by atoms with van der Waals surface area (Å²) in [5.41, 5.74) is -0.647. The lowest BCUT2D eigenvalue weighted by atomic mass is 9.84. The number of carbonyl (C=O) groups is 4. The van der Waals surface area contributed by atoms with Gasteiger partial charge in [0, 0.05) is 29.3 Å². The molecule has 0 aliphatic carbocycles. The van der Waals surface area contributed by atoms with E-state index in [2.05, 4.69) is 5.32 Å². The zero-order valence-corrected chi connectivity index (χ0v) is 23.1. The van der Waals surface area contributed by atoms with Crippen LogP contribution in [-0.2, 0) is 25.1 Å². The number of aliphatic hydroxyl groups is 1. The van der Waals surface area contributed by atoms with Crippen LogP contribution in [0.5, 0.6) is 5.75 Å². The largest absolute Gasteiger partial charge is 0.497 e. The van der Waals surface area contributed by atoms with Crippen molar-refractivity contribution in [2.24, 2.45) is 17.8 Å². The summed E-state index contributed by atoms with van der Waals surface area (Å²) in [4.78, 5) is 50.8. The zero-order chi connectivity index (χ0) is 31.1. The van der Waals surface area contributed by atoms with Crippen LogP contribution in [0.4, 0.5) is 22.0 Å². The average molecular weight is 606 g/mol. The molecule has 0 aromatic heterocycles. The van der Waals surface area contributed by atoms with Gasteiger partial charge in [-0.1, -0.05) is 49.7 Å². The van der Waals surface area contributed by atoms with Gasteiger partial charge in [-0.05, 0) is 35.7 Å². The molecule has 2 aromatic carbocycles. The maximum absolute atomic E-state index is 14.8. The SMILES string of the molecule is COc1ccc([C@H](NC(=O)[C@H](CO)CC(=O)C(F)(F)c2cccc(Cl)c2)C(=O)C[C@H](C(=O)C(F)(F)F)C(C)C)cc1. The number of amides is 1. The Labute approximate surface area is 238 Å². The Morgan fingerprint density at radius 2 is 1.59 bits per heavy atom. The second-order valence-electron chi connectivity index (χ2n) is 9.69. The molecule has 0 spiro atoms. The second-order valence-corrected chi connectivity index (χ2v) is 10.1. The summed E-state index contributed by atoms with van der Waals surface area (Å²) in [6.07, 6.45) is -7.24. The van der Waals surface area contributed by atoms with Crippen molar-refractivity contribution in [3.05, 3.63) is 64.7 Å². The third kappa shape index (κ3) is 8.80. The number of ketones is 3. The molecule has 0 aliphatic rings. The van der Waals surface area contributed by atoms with Crippen LogP contribution in [0.25, 0.3) is 0 Å². The fourth-order valence-electron chi connectivity index (χ4n) is 4.02. The quantitative estimate of drug-likeness (QED) is 0.286. The lowest BCUT2D eigenvalue weighted by Crippen LogP contribution is -2.42. The number of nitrogens with one attached hydrogen (secondary N) is 1. The van der Waals surface area contributed by atoms with Gasteiger partial charge in [-0.3, -0.25) is 19.2 Å². The van der Waals surface area contributed by atoms with Crippen LogP contribution in [0.3, 0.4) is 0 Å². The van der Waals surface area contributed by atoms with Crippen molar-refractivity contribution in [3.63, 3.8) is 0 Å². The Bertz CT molecular complexity index is 1250. The number of carbonyl (C=O) groups excluding carboxylic acids is 4. The van der Waals surface area contributed by atoms with E-state index in [1.54, 1.807) is 0 Å². The molecule has 224 valence electrons.